The molecule has 25 heavy (non-hydrogen) atoms. The normalized spacial score (nSPS) is 17.5. The van der Waals surface area contributed by atoms with E-state index in [4.69, 9.17) is 5.73 Å². The molecule has 3 rings (SSSR count). The summed E-state index contributed by atoms with van der Waals surface area (Å²) in [5, 5.41) is 0.228. The van der Waals surface area contributed by atoms with E-state index in [2.05, 4.69) is 4.90 Å². The molecule has 0 bridgehead atoms. The molecule has 1 atom stereocenters. The zero-order chi connectivity index (χ0) is 17.6. The zero-order valence-electron chi connectivity index (χ0n) is 14.4. The number of hydrogen-bond acceptors (Lipinski definition) is 3. The molecule has 1 aliphatic rings. The van der Waals surface area contributed by atoms with Gasteiger partial charge in [-0.25, -0.2) is 4.39 Å². The summed E-state index contributed by atoms with van der Waals surface area (Å²) in [6.45, 7) is 3.42. The highest BCUT2D eigenvalue weighted by molar-refractivity contribution is 7.85. The molecule has 3 nitrogen and oxygen atoms in total. The molecule has 2 aromatic carbocycles. The summed E-state index contributed by atoms with van der Waals surface area (Å²) >= 11 is 0. The Labute approximate surface area is 151 Å². The molecule has 0 aliphatic carbocycles. The van der Waals surface area contributed by atoms with Gasteiger partial charge < -0.3 is 10.6 Å². The van der Waals surface area contributed by atoms with Crippen molar-refractivity contribution < 1.29 is 8.60 Å². The third-order valence-electron chi connectivity index (χ3n) is 4.86. The van der Waals surface area contributed by atoms with Gasteiger partial charge >= 0.3 is 0 Å². The molecular formula is C20H25FN2OS. The standard InChI is InChI=1S/C20H25FN2OS/c21-18-5-1-16(2-6-18)9-12-23-13-10-20(11-14-23)25(24)19-7-3-17(15-22)4-8-19/h1-8,20H,9-15,22H2. The average Bonchev–Trinajstić information content (AvgIpc) is 2.67. The Morgan fingerprint density at radius 1 is 1.00 bits per heavy atom. The number of nitrogens with two attached hydrogens (primary N) is 1. The van der Waals surface area contributed by atoms with Crippen molar-refractivity contribution in [1.82, 2.24) is 4.90 Å². The first-order valence-corrected chi connectivity index (χ1v) is 10.0. The summed E-state index contributed by atoms with van der Waals surface area (Å²) in [4.78, 5) is 3.32. The Morgan fingerprint density at radius 3 is 2.20 bits per heavy atom. The average molecular weight is 360 g/mol. The maximum Gasteiger partial charge on any atom is 0.123 e. The third kappa shape index (κ3) is 4.97. The van der Waals surface area contributed by atoms with Gasteiger partial charge in [0.2, 0.25) is 0 Å². The monoisotopic (exact) mass is 360 g/mol. The molecule has 0 radical (unpaired) electrons. The van der Waals surface area contributed by atoms with Crippen molar-refractivity contribution in [2.45, 2.75) is 36.0 Å². The summed E-state index contributed by atoms with van der Waals surface area (Å²) in [6, 6.07) is 14.5. The number of nitrogens with zero attached hydrogens (tertiary/aromatic N) is 1. The number of rotatable bonds is 6. The van der Waals surface area contributed by atoms with Crippen LogP contribution in [0.25, 0.3) is 0 Å². The Balaban J connectivity index is 1.47. The second-order valence-electron chi connectivity index (χ2n) is 6.56. The first-order chi connectivity index (χ1) is 12.2. The maximum atomic E-state index is 12.9. The largest absolute Gasteiger partial charge is 0.326 e. The van der Waals surface area contributed by atoms with Crippen LogP contribution in [0.3, 0.4) is 0 Å². The second kappa shape index (κ2) is 8.70. The van der Waals surface area contributed by atoms with E-state index in [0.29, 0.717) is 6.54 Å². The number of halogens is 1. The Kier molecular flexibility index (Phi) is 6.34. The van der Waals surface area contributed by atoms with E-state index in [-0.39, 0.29) is 11.1 Å². The minimum atomic E-state index is -0.947. The molecule has 0 spiro atoms. The van der Waals surface area contributed by atoms with Gasteiger partial charge in [0.1, 0.15) is 5.82 Å². The summed E-state index contributed by atoms with van der Waals surface area (Å²) in [6.07, 6.45) is 2.83. The Hall–Kier alpha value is -1.56. The van der Waals surface area contributed by atoms with Crippen molar-refractivity contribution in [3.05, 3.63) is 65.5 Å². The fraction of sp³-hybridized carbons (Fsp3) is 0.400. The van der Waals surface area contributed by atoms with Crippen LogP contribution in [-0.2, 0) is 23.8 Å². The molecular weight excluding hydrogens is 335 g/mol. The zero-order valence-corrected chi connectivity index (χ0v) is 15.2. The molecule has 0 saturated carbocycles. The lowest BCUT2D eigenvalue weighted by atomic mass is 10.1. The van der Waals surface area contributed by atoms with Crippen molar-refractivity contribution in [3.8, 4) is 0 Å². The summed E-state index contributed by atoms with van der Waals surface area (Å²) < 4.78 is 25.7. The quantitative estimate of drug-likeness (QED) is 0.861. The SMILES string of the molecule is NCc1ccc(S(=O)C2CCN(CCc3ccc(F)cc3)CC2)cc1. The number of benzene rings is 2. The van der Waals surface area contributed by atoms with E-state index >= 15 is 0 Å². The van der Waals surface area contributed by atoms with Crippen LogP contribution < -0.4 is 5.73 Å². The molecule has 1 aliphatic heterocycles. The van der Waals surface area contributed by atoms with Gasteiger partial charge in [-0.1, -0.05) is 24.3 Å². The van der Waals surface area contributed by atoms with Gasteiger partial charge in [-0.05, 0) is 67.7 Å². The van der Waals surface area contributed by atoms with E-state index in [1.54, 1.807) is 0 Å². The lowest BCUT2D eigenvalue weighted by molar-refractivity contribution is 0.234. The first kappa shape index (κ1) is 18.2. The highest BCUT2D eigenvalue weighted by Crippen LogP contribution is 2.22. The van der Waals surface area contributed by atoms with E-state index in [0.717, 1.165) is 54.9 Å². The number of likely N-dealkylation sites (tertiary alicyclic amines) is 1. The van der Waals surface area contributed by atoms with Gasteiger partial charge in [0.25, 0.3) is 0 Å². The van der Waals surface area contributed by atoms with Crippen LogP contribution in [0.1, 0.15) is 24.0 Å². The molecule has 0 amide bonds. The smallest absolute Gasteiger partial charge is 0.123 e. The second-order valence-corrected chi connectivity index (χ2v) is 8.30. The van der Waals surface area contributed by atoms with Crippen LogP contribution in [-0.4, -0.2) is 34.0 Å². The van der Waals surface area contributed by atoms with Crippen LogP contribution in [0, 0.1) is 5.82 Å². The molecule has 1 heterocycles. The molecule has 0 aromatic heterocycles. The minimum Gasteiger partial charge on any atom is -0.326 e. The molecule has 2 N–H and O–H groups in total. The van der Waals surface area contributed by atoms with E-state index in [1.165, 1.54) is 12.1 Å². The van der Waals surface area contributed by atoms with Crippen molar-refractivity contribution in [1.29, 1.82) is 0 Å². The molecule has 134 valence electrons. The summed E-state index contributed by atoms with van der Waals surface area (Å²) in [5.41, 5.74) is 7.84. The minimum absolute atomic E-state index is 0.188. The summed E-state index contributed by atoms with van der Waals surface area (Å²) in [5.74, 6) is -0.188. The van der Waals surface area contributed by atoms with Crippen molar-refractivity contribution >= 4 is 10.8 Å². The Bertz CT molecular complexity index is 695. The van der Waals surface area contributed by atoms with E-state index in [1.807, 2.05) is 36.4 Å². The lowest BCUT2D eigenvalue weighted by Crippen LogP contribution is -2.38. The fourth-order valence-electron chi connectivity index (χ4n) is 3.24. The molecule has 2 aromatic rings. The molecule has 5 heteroatoms. The highest BCUT2D eigenvalue weighted by atomic mass is 32.2. The number of hydrogen-bond donors (Lipinski definition) is 1. The van der Waals surface area contributed by atoms with Crippen molar-refractivity contribution in [2.75, 3.05) is 19.6 Å². The maximum absolute atomic E-state index is 12.9. The van der Waals surface area contributed by atoms with Crippen molar-refractivity contribution in [2.24, 2.45) is 5.73 Å². The van der Waals surface area contributed by atoms with E-state index < -0.39 is 10.8 Å². The highest BCUT2D eigenvalue weighted by Gasteiger charge is 2.24. The van der Waals surface area contributed by atoms with Crippen LogP contribution in [0.4, 0.5) is 4.39 Å². The predicted molar refractivity (Wildman–Crippen MR) is 100 cm³/mol. The van der Waals surface area contributed by atoms with Crippen LogP contribution in [0.2, 0.25) is 0 Å². The number of piperidine rings is 1. The fourth-order valence-corrected chi connectivity index (χ4v) is 4.67. The lowest BCUT2D eigenvalue weighted by Gasteiger charge is -2.31. The van der Waals surface area contributed by atoms with Gasteiger partial charge in [-0.15, -0.1) is 0 Å². The first-order valence-electron chi connectivity index (χ1n) is 8.82. The van der Waals surface area contributed by atoms with Crippen LogP contribution in [0.5, 0.6) is 0 Å². The van der Waals surface area contributed by atoms with Crippen LogP contribution >= 0.6 is 0 Å². The van der Waals surface area contributed by atoms with Gasteiger partial charge in [0.15, 0.2) is 0 Å². The molecule has 1 saturated heterocycles. The van der Waals surface area contributed by atoms with Gasteiger partial charge in [0.05, 0.1) is 10.8 Å². The van der Waals surface area contributed by atoms with Gasteiger partial charge in [-0.3, -0.25) is 4.21 Å². The van der Waals surface area contributed by atoms with Crippen LogP contribution in [0.15, 0.2) is 53.4 Å². The summed E-state index contributed by atoms with van der Waals surface area (Å²) in [7, 11) is -0.947. The Morgan fingerprint density at radius 2 is 1.60 bits per heavy atom. The predicted octanol–water partition coefficient (Wildman–Crippen LogP) is 3.10. The third-order valence-corrected chi connectivity index (χ3v) is 6.67. The molecule has 1 fully saturated rings. The van der Waals surface area contributed by atoms with E-state index in [9.17, 15) is 8.60 Å². The van der Waals surface area contributed by atoms with Crippen molar-refractivity contribution in [3.63, 3.8) is 0 Å². The van der Waals surface area contributed by atoms with Gasteiger partial charge in [-0.2, -0.15) is 0 Å². The molecule has 1 unspecified atom stereocenters. The topological polar surface area (TPSA) is 46.3 Å². The van der Waals surface area contributed by atoms with Gasteiger partial charge in [0, 0.05) is 23.2 Å².